The van der Waals surface area contributed by atoms with Crippen LogP contribution in [0.15, 0.2) is 30.3 Å². The largest absolute Gasteiger partial charge is 0.434 e. The number of hydrogen-bond donors (Lipinski definition) is 2. The van der Waals surface area contributed by atoms with Gasteiger partial charge in [0.05, 0.1) is 0 Å². The second-order valence-electron chi connectivity index (χ2n) is 9.66. The zero-order valence-corrected chi connectivity index (χ0v) is 17.0. The maximum absolute atomic E-state index is 13.8. The third-order valence-corrected chi connectivity index (χ3v) is 7.40. The second kappa shape index (κ2) is 7.67. The van der Waals surface area contributed by atoms with Crippen LogP contribution in [-0.4, -0.2) is 30.5 Å². The summed E-state index contributed by atoms with van der Waals surface area (Å²) in [5.74, 6) is 0.189. The van der Waals surface area contributed by atoms with Crippen LogP contribution in [0.3, 0.4) is 0 Å². The number of carbonyl (C=O) groups is 1. The number of alkyl halides is 6. The number of nitrogens with one attached hydrogen (secondary N) is 2. The molecule has 2 N–H and O–H groups in total. The van der Waals surface area contributed by atoms with E-state index < -0.39 is 30.5 Å². The fraction of sp³-hybridized carbons (Fsp3) is 0.682. The van der Waals surface area contributed by atoms with Crippen LogP contribution in [0.5, 0.6) is 0 Å². The Hall–Kier alpha value is -1.77. The zero-order valence-electron chi connectivity index (χ0n) is 17.0. The SMILES string of the molecule is O=C(NC(NCCC12CC3CC(CC(C3)C1)C2)(C(F)(F)F)C(F)(F)F)c1ccccc1. The van der Waals surface area contributed by atoms with Crippen LogP contribution in [0.4, 0.5) is 26.3 Å². The van der Waals surface area contributed by atoms with Crippen molar-refractivity contribution in [3.63, 3.8) is 0 Å². The van der Waals surface area contributed by atoms with E-state index in [1.165, 1.54) is 35.6 Å². The quantitative estimate of drug-likeness (QED) is 0.450. The molecule has 4 aliphatic rings. The third-order valence-electron chi connectivity index (χ3n) is 7.40. The number of halogens is 6. The van der Waals surface area contributed by atoms with E-state index in [0.29, 0.717) is 17.8 Å². The van der Waals surface area contributed by atoms with Gasteiger partial charge in [-0.1, -0.05) is 18.2 Å². The van der Waals surface area contributed by atoms with Crippen LogP contribution in [0, 0.1) is 23.2 Å². The fourth-order valence-electron chi connectivity index (χ4n) is 6.49. The first-order valence-corrected chi connectivity index (χ1v) is 10.7. The summed E-state index contributed by atoms with van der Waals surface area (Å²) in [5, 5.41) is 2.94. The van der Waals surface area contributed by atoms with E-state index in [2.05, 4.69) is 0 Å². The van der Waals surface area contributed by atoms with E-state index >= 15 is 0 Å². The minimum absolute atomic E-state index is 0.186. The molecule has 172 valence electrons. The van der Waals surface area contributed by atoms with Gasteiger partial charge in [-0.25, -0.2) is 0 Å². The molecule has 5 rings (SSSR count). The lowest BCUT2D eigenvalue weighted by molar-refractivity contribution is -0.314. The summed E-state index contributed by atoms with van der Waals surface area (Å²) in [6.45, 7) is -0.472. The van der Waals surface area contributed by atoms with E-state index in [1.54, 1.807) is 5.32 Å². The molecule has 4 bridgehead atoms. The minimum atomic E-state index is -5.77. The van der Waals surface area contributed by atoms with Crippen molar-refractivity contribution in [3.05, 3.63) is 35.9 Å². The Bertz CT molecular complexity index is 755. The normalized spacial score (nSPS) is 30.5. The molecule has 0 spiro atoms. The molecule has 0 radical (unpaired) electrons. The Morgan fingerprint density at radius 1 is 0.871 bits per heavy atom. The predicted molar refractivity (Wildman–Crippen MR) is 102 cm³/mol. The Kier molecular flexibility index (Phi) is 5.55. The van der Waals surface area contributed by atoms with Crippen molar-refractivity contribution >= 4 is 5.91 Å². The van der Waals surface area contributed by atoms with Gasteiger partial charge >= 0.3 is 12.4 Å². The molecule has 0 atom stereocenters. The Morgan fingerprint density at radius 2 is 1.35 bits per heavy atom. The van der Waals surface area contributed by atoms with E-state index in [9.17, 15) is 31.1 Å². The summed E-state index contributed by atoms with van der Waals surface area (Å²) < 4.78 is 83.0. The van der Waals surface area contributed by atoms with Crippen molar-refractivity contribution in [1.82, 2.24) is 10.6 Å². The fourth-order valence-corrected chi connectivity index (χ4v) is 6.49. The molecule has 4 aliphatic carbocycles. The lowest BCUT2D eigenvalue weighted by Gasteiger charge is -2.57. The summed E-state index contributed by atoms with van der Waals surface area (Å²) in [6, 6.07) is 6.60. The maximum Gasteiger partial charge on any atom is 0.434 e. The van der Waals surface area contributed by atoms with E-state index in [-0.39, 0.29) is 17.4 Å². The Balaban J connectivity index is 1.53. The van der Waals surface area contributed by atoms with Crippen LogP contribution in [0.2, 0.25) is 0 Å². The summed E-state index contributed by atoms with van der Waals surface area (Å²) >= 11 is 0. The minimum Gasteiger partial charge on any atom is -0.319 e. The van der Waals surface area contributed by atoms with Crippen molar-refractivity contribution in [3.8, 4) is 0 Å². The molecule has 1 aromatic carbocycles. The topological polar surface area (TPSA) is 41.1 Å². The third kappa shape index (κ3) is 4.17. The van der Waals surface area contributed by atoms with Gasteiger partial charge < -0.3 is 5.32 Å². The number of benzene rings is 1. The van der Waals surface area contributed by atoms with Crippen molar-refractivity contribution < 1.29 is 31.1 Å². The first kappa shape index (κ1) is 22.4. The van der Waals surface area contributed by atoms with Crippen LogP contribution in [0.1, 0.15) is 55.3 Å². The summed E-state index contributed by atoms with van der Waals surface area (Å²) in [7, 11) is 0. The molecule has 0 heterocycles. The highest BCUT2D eigenvalue weighted by molar-refractivity contribution is 5.94. The lowest BCUT2D eigenvalue weighted by atomic mass is 9.49. The van der Waals surface area contributed by atoms with Crippen LogP contribution < -0.4 is 10.6 Å². The smallest absolute Gasteiger partial charge is 0.319 e. The summed E-state index contributed by atoms with van der Waals surface area (Å²) in [4.78, 5) is 12.3. The van der Waals surface area contributed by atoms with E-state index in [4.69, 9.17) is 0 Å². The highest BCUT2D eigenvalue weighted by atomic mass is 19.4. The standard InChI is InChI=1S/C22H26F6N2O/c23-21(24,25)20(22(26,27)28,30-18(31)17-4-2-1-3-5-17)29-7-6-19-11-14-8-15(12-19)10-16(9-14)13-19/h1-5,14-16,29H,6-13H2,(H,30,31). The molecule has 0 saturated heterocycles. The van der Waals surface area contributed by atoms with Gasteiger partial charge in [0.25, 0.3) is 11.6 Å². The first-order valence-electron chi connectivity index (χ1n) is 10.7. The molecule has 0 unspecified atom stereocenters. The summed E-state index contributed by atoms with van der Waals surface area (Å²) in [5.41, 5.74) is -4.97. The molecule has 4 fully saturated rings. The van der Waals surface area contributed by atoms with Gasteiger partial charge in [-0.05, 0) is 86.8 Å². The molecule has 0 aromatic heterocycles. The number of rotatable bonds is 6. The zero-order chi connectivity index (χ0) is 22.5. The van der Waals surface area contributed by atoms with E-state index in [0.717, 1.165) is 38.5 Å². The Labute approximate surface area is 177 Å². The molecule has 3 nitrogen and oxygen atoms in total. The van der Waals surface area contributed by atoms with Gasteiger partial charge in [0.1, 0.15) is 0 Å². The van der Waals surface area contributed by atoms with Crippen LogP contribution in [0.25, 0.3) is 0 Å². The highest BCUT2D eigenvalue weighted by Crippen LogP contribution is 2.61. The van der Waals surface area contributed by atoms with Crippen LogP contribution >= 0.6 is 0 Å². The average Bonchev–Trinajstić information content (AvgIpc) is 2.64. The number of hydrogen-bond acceptors (Lipinski definition) is 2. The maximum atomic E-state index is 13.8. The second-order valence-corrected chi connectivity index (χ2v) is 9.66. The molecule has 0 aliphatic heterocycles. The average molecular weight is 448 g/mol. The Morgan fingerprint density at radius 3 is 1.81 bits per heavy atom. The van der Waals surface area contributed by atoms with Gasteiger partial charge in [-0.3, -0.25) is 10.1 Å². The molecular formula is C22H26F6N2O. The lowest BCUT2D eigenvalue weighted by Crippen LogP contribution is -2.75. The molecule has 1 amide bonds. The first-order chi connectivity index (χ1) is 14.4. The van der Waals surface area contributed by atoms with Crippen molar-refractivity contribution in [2.24, 2.45) is 23.2 Å². The van der Waals surface area contributed by atoms with Crippen molar-refractivity contribution in [2.45, 2.75) is 63.0 Å². The van der Waals surface area contributed by atoms with Crippen molar-refractivity contribution in [2.75, 3.05) is 6.54 Å². The monoisotopic (exact) mass is 448 g/mol. The molecule has 4 saturated carbocycles. The summed E-state index contributed by atoms with van der Waals surface area (Å²) in [6.07, 6.45) is -5.26. The predicted octanol–water partition coefficient (Wildman–Crippen LogP) is 5.43. The van der Waals surface area contributed by atoms with Gasteiger partial charge in [-0.15, -0.1) is 0 Å². The molecule has 31 heavy (non-hydrogen) atoms. The number of carbonyl (C=O) groups excluding carboxylic acids is 1. The van der Waals surface area contributed by atoms with Gasteiger partial charge in [-0.2, -0.15) is 26.3 Å². The molecule has 1 aromatic rings. The van der Waals surface area contributed by atoms with Gasteiger partial charge in [0.15, 0.2) is 0 Å². The number of amides is 1. The van der Waals surface area contributed by atoms with E-state index in [1.807, 2.05) is 0 Å². The van der Waals surface area contributed by atoms with Crippen LogP contribution in [-0.2, 0) is 0 Å². The molecular weight excluding hydrogens is 422 g/mol. The van der Waals surface area contributed by atoms with Gasteiger partial charge in [0, 0.05) is 5.56 Å². The van der Waals surface area contributed by atoms with Gasteiger partial charge in [0.2, 0.25) is 0 Å². The highest BCUT2D eigenvalue weighted by Gasteiger charge is 2.72. The molecule has 9 heteroatoms. The van der Waals surface area contributed by atoms with Crippen molar-refractivity contribution in [1.29, 1.82) is 0 Å².